The molecule has 0 aromatic carbocycles. The lowest BCUT2D eigenvalue weighted by Crippen LogP contribution is -2.30. The van der Waals surface area contributed by atoms with Crippen molar-refractivity contribution in [3.8, 4) is 6.26 Å². The Bertz CT molecular complexity index is 221. The Morgan fingerprint density at radius 2 is 2.54 bits per heavy atom. The smallest absolute Gasteiger partial charge is 0.324 e. The highest BCUT2D eigenvalue weighted by Crippen LogP contribution is 2.22. The van der Waals surface area contributed by atoms with Gasteiger partial charge in [-0.1, -0.05) is 6.92 Å². The molecule has 0 aromatic rings. The zero-order valence-electron chi connectivity index (χ0n) is 7.66. The van der Waals surface area contributed by atoms with Crippen LogP contribution in [0.3, 0.4) is 0 Å². The molecule has 1 aliphatic rings. The predicted octanol–water partition coefficient (Wildman–Crippen LogP) is 1.22. The molecule has 1 aliphatic heterocycles. The summed E-state index contributed by atoms with van der Waals surface area (Å²) in [5, 5.41) is 8.17. The molecule has 1 saturated heterocycles. The second-order valence-corrected chi connectivity index (χ2v) is 3.13. The topological polar surface area (TPSA) is 59.3 Å². The SMILES string of the molecule is CC[C@@H]1C[C@H](C(=O)OC#N)CCO1. The maximum absolute atomic E-state index is 11.2. The second-order valence-electron chi connectivity index (χ2n) is 3.13. The van der Waals surface area contributed by atoms with Crippen LogP contribution in [0.5, 0.6) is 0 Å². The molecule has 0 saturated carbocycles. The van der Waals surface area contributed by atoms with E-state index in [1.165, 1.54) is 6.26 Å². The summed E-state index contributed by atoms with van der Waals surface area (Å²) in [5.74, 6) is -0.567. The minimum atomic E-state index is -0.413. The van der Waals surface area contributed by atoms with E-state index in [1.807, 2.05) is 6.92 Å². The number of nitriles is 1. The maximum atomic E-state index is 11.2. The summed E-state index contributed by atoms with van der Waals surface area (Å²) in [6.07, 6.45) is 3.79. The third-order valence-corrected chi connectivity index (χ3v) is 2.30. The summed E-state index contributed by atoms with van der Waals surface area (Å²) in [6.45, 7) is 2.60. The lowest BCUT2D eigenvalue weighted by molar-refractivity contribution is -0.147. The van der Waals surface area contributed by atoms with Gasteiger partial charge in [-0.05, 0) is 19.3 Å². The Morgan fingerprint density at radius 1 is 1.77 bits per heavy atom. The quantitative estimate of drug-likeness (QED) is 0.477. The van der Waals surface area contributed by atoms with Crippen molar-refractivity contribution in [2.45, 2.75) is 32.3 Å². The van der Waals surface area contributed by atoms with Gasteiger partial charge in [0.15, 0.2) is 0 Å². The molecule has 1 rings (SSSR count). The minimum absolute atomic E-state index is 0.144. The number of carbonyl (C=O) groups excluding carboxylic acids is 1. The molecule has 4 heteroatoms. The van der Waals surface area contributed by atoms with Crippen molar-refractivity contribution in [3.05, 3.63) is 0 Å². The number of esters is 1. The normalized spacial score (nSPS) is 27.7. The summed E-state index contributed by atoms with van der Waals surface area (Å²) in [6, 6.07) is 0. The highest BCUT2D eigenvalue weighted by Gasteiger charge is 2.28. The molecule has 0 amide bonds. The second kappa shape index (κ2) is 4.83. The van der Waals surface area contributed by atoms with Gasteiger partial charge >= 0.3 is 5.97 Å². The zero-order valence-corrected chi connectivity index (χ0v) is 7.66. The van der Waals surface area contributed by atoms with E-state index in [2.05, 4.69) is 4.74 Å². The number of rotatable bonds is 2. The molecule has 13 heavy (non-hydrogen) atoms. The van der Waals surface area contributed by atoms with Crippen molar-refractivity contribution in [2.75, 3.05) is 6.61 Å². The van der Waals surface area contributed by atoms with Gasteiger partial charge in [-0.25, -0.2) is 0 Å². The first-order valence-electron chi connectivity index (χ1n) is 4.49. The van der Waals surface area contributed by atoms with E-state index < -0.39 is 5.97 Å². The summed E-state index contributed by atoms with van der Waals surface area (Å²) >= 11 is 0. The van der Waals surface area contributed by atoms with Crippen LogP contribution in [0.2, 0.25) is 0 Å². The summed E-state index contributed by atoms with van der Waals surface area (Å²) in [4.78, 5) is 11.2. The molecule has 0 spiro atoms. The van der Waals surface area contributed by atoms with E-state index in [-0.39, 0.29) is 12.0 Å². The molecule has 0 aliphatic carbocycles. The number of nitrogens with zero attached hydrogens (tertiary/aromatic N) is 1. The highest BCUT2D eigenvalue weighted by molar-refractivity contribution is 5.73. The van der Waals surface area contributed by atoms with Crippen LogP contribution in [0.25, 0.3) is 0 Å². The Balaban J connectivity index is 2.42. The molecule has 2 atom stereocenters. The predicted molar refractivity (Wildman–Crippen MR) is 44.5 cm³/mol. The fourth-order valence-corrected chi connectivity index (χ4v) is 1.51. The molecule has 0 radical (unpaired) electrons. The molecule has 0 N–H and O–H groups in total. The fourth-order valence-electron chi connectivity index (χ4n) is 1.51. The van der Waals surface area contributed by atoms with E-state index in [0.29, 0.717) is 19.4 Å². The first kappa shape index (κ1) is 10.0. The van der Waals surface area contributed by atoms with Crippen LogP contribution in [0.15, 0.2) is 0 Å². The molecule has 0 aromatic heterocycles. The standard InChI is InChI=1S/C9H13NO3/c1-2-8-5-7(3-4-12-8)9(11)13-6-10/h7-8H,2-5H2,1H3/t7-,8-/m1/s1. The van der Waals surface area contributed by atoms with E-state index in [4.69, 9.17) is 10.00 Å². The van der Waals surface area contributed by atoms with Crippen LogP contribution < -0.4 is 0 Å². The third-order valence-electron chi connectivity index (χ3n) is 2.30. The van der Waals surface area contributed by atoms with E-state index >= 15 is 0 Å². The van der Waals surface area contributed by atoms with Crippen molar-refractivity contribution in [1.82, 2.24) is 0 Å². The third kappa shape index (κ3) is 2.71. The van der Waals surface area contributed by atoms with Crippen molar-refractivity contribution in [3.63, 3.8) is 0 Å². The largest absolute Gasteiger partial charge is 0.378 e. The number of ether oxygens (including phenoxy) is 2. The first-order chi connectivity index (χ1) is 6.27. The van der Waals surface area contributed by atoms with Crippen LogP contribution >= 0.6 is 0 Å². The van der Waals surface area contributed by atoms with Crippen LogP contribution in [0.1, 0.15) is 26.2 Å². The van der Waals surface area contributed by atoms with Crippen molar-refractivity contribution < 1.29 is 14.3 Å². The van der Waals surface area contributed by atoms with Gasteiger partial charge in [-0.3, -0.25) is 4.79 Å². The molecule has 72 valence electrons. The van der Waals surface area contributed by atoms with Gasteiger partial charge < -0.3 is 9.47 Å². The summed E-state index contributed by atoms with van der Waals surface area (Å²) in [7, 11) is 0. The molecule has 0 unspecified atom stereocenters. The van der Waals surface area contributed by atoms with Crippen LogP contribution in [0, 0.1) is 17.4 Å². The van der Waals surface area contributed by atoms with Gasteiger partial charge in [0.2, 0.25) is 0 Å². The van der Waals surface area contributed by atoms with E-state index in [1.54, 1.807) is 0 Å². The molecular weight excluding hydrogens is 170 g/mol. The monoisotopic (exact) mass is 183 g/mol. The molecular formula is C9H13NO3. The zero-order chi connectivity index (χ0) is 9.68. The Kier molecular flexibility index (Phi) is 3.71. The number of hydrogen-bond donors (Lipinski definition) is 0. The van der Waals surface area contributed by atoms with Crippen molar-refractivity contribution in [2.24, 2.45) is 5.92 Å². The fraction of sp³-hybridized carbons (Fsp3) is 0.778. The van der Waals surface area contributed by atoms with Crippen LogP contribution in [-0.4, -0.2) is 18.7 Å². The highest BCUT2D eigenvalue weighted by atomic mass is 16.5. The molecule has 1 fully saturated rings. The lowest BCUT2D eigenvalue weighted by Gasteiger charge is -2.26. The average molecular weight is 183 g/mol. The van der Waals surface area contributed by atoms with E-state index in [9.17, 15) is 4.79 Å². The van der Waals surface area contributed by atoms with Gasteiger partial charge in [0.1, 0.15) is 0 Å². The maximum Gasteiger partial charge on any atom is 0.324 e. The molecule has 4 nitrogen and oxygen atoms in total. The Hall–Kier alpha value is -1.08. The number of hydrogen-bond acceptors (Lipinski definition) is 4. The van der Waals surface area contributed by atoms with Gasteiger partial charge in [0.25, 0.3) is 6.26 Å². The summed E-state index contributed by atoms with van der Waals surface area (Å²) < 4.78 is 9.68. The molecule has 1 heterocycles. The summed E-state index contributed by atoms with van der Waals surface area (Å²) in [5.41, 5.74) is 0. The van der Waals surface area contributed by atoms with Gasteiger partial charge in [-0.2, -0.15) is 0 Å². The van der Waals surface area contributed by atoms with E-state index in [0.717, 1.165) is 6.42 Å². The van der Waals surface area contributed by atoms with Gasteiger partial charge in [-0.15, -0.1) is 5.26 Å². The van der Waals surface area contributed by atoms with Crippen molar-refractivity contribution >= 4 is 5.97 Å². The van der Waals surface area contributed by atoms with Gasteiger partial charge in [0.05, 0.1) is 12.0 Å². The Morgan fingerprint density at radius 3 is 3.15 bits per heavy atom. The van der Waals surface area contributed by atoms with Gasteiger partial charge in [0, 0.05) is 6.61 Å². The Labute approximate surface area is 77.4 Å². The van der Waals surface area contributed by atoms with Crippen LogP contribution in [-0.2, 0) is 14.3 Å². The minimum Gasteiger partial charge on any atom is -0.378 e. The first-order valence-corrected chi connectivity index (χ1v) is 4.49. The average Bonchev–Trinajstić information content (AvgIpc) is 2.18. The van der Waals surface area contributed by atoms with Crippen LogP contribution in [0.4, 0.5) is 0 Å². The lowest BCUT2D eigenvalue weighted by atomic mass is 9.95. The number of carbonyl (C=O) groups is 1. The molecule has 0 bridgehead atoms. The van der Waals surface area contributed by atoms with Crippen molar-refractivity contribution in [1.29, 1.82) is 5.26 Å².